The van der Waals surface area contributed by atoms with Gasteiger partial charge in [0.15, 0.2) is 0 Å². The van der Waals surface area contributed by atoms with E-state index in [4.69, 9.17) is 0 Å². The summed E-state index contributed by atoms with van der Waals surface area (Å²) in [6, 6.07) is 44.8. The van der Waals surface area contributed by atoms with Gasteiger partial charge >= 0.3 is 0 Å². The summed E-state index contributed by atoms with van der Waals surface area (Å²) >= 11 is 0. The molecule has 0 saturated heterocycles. The third kappa shape index (κ3) is 5.95. The molecule has 4 aromatic rings. The van der Waals surface area contributed by atoms with Crippen LogP contribution in [-0.4, -0.2) is 11.8 Å². The second-order valence-electron chi connectivity index (χ2n) is 8.10. The van der Waals surface area contributed by atoms with Gasteiger partial charge in [-0.2, -0.15) is 0 Å². The maximum absolute atomic E-state index is 2.35. The monoisotopic (exact) mass is 454 g/mol. The van der Waals surface area contributed by atoms with E-state index in [1.807, 2.05) is 0 Å². The highest BCUT2D eigenvalue weighted by atomic mass is 31.1. The summed E-state index contributed by atoms with van der Waals surface area (Å²) in [6.45, 7) is 2.34. The Morgan fingerprint density at radius 3 is 1.25 bits per heavy atom. The predicted octanol–water partition coefficient (Wildman–Crippen LogP) is 6.81. The van der Waals surface area contributed by atoms with Crippen LogP contribution in [0.15, 0.2) is 121 Å². The van der Waals surface area contributed by atoms with Gasteiger partial charge in [-0.05, 0) is 61.7 Å². The lowest BCUT2D eigenvalue weighted by Crippen LogP contribution is -2.24. The van der Waals surface area contributed by atoms with Gasteiger partial charge in [-0.25, -0.2) is 0 Å². The Morgan fingerprint density at radius 1 is 0.500 bits per heavy atom. The van der Waals surface area contributed by atoms with Crippen molar-refractivity contribution in [2.45, 2.75) is 31.8 Å². The molecular formula is C30H32P2. The summed E-state index contributed by atoms with van der Waals surface area (Å²) in [6.07, 6.45) is 5.02. The minimum absolute atomic E-state index is 0.346. The molecule has 32 heavy (non-hydrogen) atoms. The molecule has 0 aliphatic carbocycles. The SMILES string of the molecule is CCCC(CCP(c1ccccc1)c1ccccc1)P(c1ccccc1)c1ccccc1. The Hall–Kier alpha value is -2.26. The van der Waals surface area contributed by atoms with Gasteiger partial charge < -0.3 is 0 Å². The molecule has 0 aliphatic heterocycles. The second kappa shape index (κ2) is 12.1. The van der Waals surface area contributed by atoms with E-state index in [1.54, 1.807) is 0 Å². The molecule has 0 heterocycles. The van der Waals surface area contributed by atoms with Gasteiger partial charge in [0.05, 0.1) is 0 Å². The molecule has 0 saturated carbocycles. The lowest BCUT2D eigenvalue weighted by atomic mass is 10.2. The van der Waals surface area contributed by atoms with Crippen LogP contribution in [-0.2, 0) is 0 Å². The van der Waals surface area contributed by atoms with E-state index >= 15 is 0 Å². The second-order valence-corrected chi connectivity index (χ2v) is 12.9. The summed E-state index contributed by atoms with van der Waals surface area (Å²) in [5.41, 5.74) is 0.692. The van der Waals surface area contributed by atoms with Crippen LogP contribution < -0.4 is 21.2 Å². The zero-order valence-corrected chi connectivity index (χ0v) is 20.6. The normalized spacial score (nSPS) is 12.2. The number of hydrogen-bond donors (Lipinski definition) is 0. The van der Waals surface area contributed by atoms with E-state index in [0.717, 1.165) is 0 Å². The van der Waals surface area contributed by atoms with Gasteiger partial charge in [-0.1, -0.05) is 135 Å². The first-order valence-electron chi connectivity index (χ1n) is 11.6. The van der Waals surface area contributed by atoms with Gasteiger partial charge in [0, 0.05) is 0 Å². The number of benzene rings is 4. The number of hydrogen-bond acceptors (Lipinski definition) is 0. The van der Waals surface area contributed by atoms with E-state index in [-0.39, 0.29) is 15.8 Å². The third-order valence-corrected chi connectivity index (χ3v) is 11.4. The fourth-order valence-electron chi connectivity index (χ4n) is 4.38. The molecule has 0 aromatic heterocycles. The molecule has 1 unspecified atom stereocenters. The van der Waals surface area contributed by atoms with Crippen LogP contribution >= 0.6 is 15.8 Å². The van der Waals surface area contributed by atoms with Crippen LogP contribution in [0.4, 0.5) is 0 Å². The van der Waals surface area contributed by atoms with Gasteiger partial charge in [0.2, 0.25) is 0 Å². The Labute approximate surface area is 196 Å². The van der Waals surface area contributed by atoms with Gasteiger partial charge in [-0.15, -0.1) is 0 Å². The lowest BCUT2D eigenvalue weighted by molar-refractivity contribution is 0.718. The highest BCUT2D eigenvalue weighted by Crippen LogP contribution is 2.46. The van der Waals surface area contributed by atoms with Crippen molar-refractivity contribution in [3.63, 3.8) is 0 Å². The first kappa shape index (κ1) is 22.9. The zero-order chi connectivity index (χ0) is 22.0. The van der Waals surface area contributed by atoms with E-state index in [9.17, 15) is 0 Å². The Kier molecular flexibility index (Phi) is 8.67. The topological polar surface area (TPSA) is 0 Å². The molecule has 0 radical (unpaired) electrons. The molecule has 0 N–H and O–H groups in total. The van der Waals surface area contributed by atoms with E-state index in [0.29, 0.717) is 5.66 Å². The molecule has 0 aliphatic rings. The third-order valence-electron chi connectivity index (χ3n) is 5.88. The minimum atomic E-state index is -0.378. The Morgan fingerprint density at radius 2 is 0.875 bits per heavy atom. The zero-order valence-electron chi connectivity index (χ0n) is 18.8. The van der Waals surface area contributed by atoms with E-state index < -0.39 is 0 Å². The van der Waals surface area contributed by atoms with Crippen LogP contribution in [0.1, 0.15) is 26.2 Å². The summed E-state index contributed by atoms with van der Waals surface area (Å²) in [5, 5.41) is 6.01. The van der Waals surface area contributed by atoms with Crippen molar-refractivity contribution in [3.05, 3.63) is 121 Å². The van der Waals surface area contributed by atoms with Crippen molar-refractivity contribution in [2.24, 2.45) is 0 Å². The van der Waals surface area contributed by atoms with Crippen LogP contribution in [0.5, 0.6) is 0 Å². The molecule has 2 heteroatoms. The minimum Gasteiger partial charge on any atom is -0.0654 e. The van der Waals surface area contributed by atoms with Crippen molar-refractivity contribution in [3.8, 4) is 0 Å². The van der Waals surface area contributed by atoms with Crippen LogP contribution in [0.2, 0.25) is 0 Å². The smallest absolute Gasteiger partial charge is 0.0125 e. The highest BCUT2D eigenvalue weighted by molar-refractivity contribution is 7.74. The van der Waals surface area contributed by atoms with E-state index in [1.165, 1.54) is 46.6 Å². The predicted molar refractivity (Wildman–Crippen MR) is 146 cm³/mol. The number of rotatable bonds is 10. The molecule has 1 atom stereocenters. The first-order valence-corrected chi connectivity index (χ1v) is 14.6. The fourth-order valence-corrected chi connectivity index (χ4v) is 10.1. The Bertz CT molecular complexity index is 954. The molecule has 0 bridgehead atoms. The van der Waals surface area contributed by atoms with Crippen molar-refractivity contribution in [1.82, 2.24) is 0 Å². The molecule has 0 nitrogen and oxygen atoms in total. The summed E-state index contributed by atoms with van der Waals surface area (Å²) in [5.74, 6) is 0. The molecule has 4 rings (SSSR count). The maximum Gasteiger partial charge on any atom is -0.0125 e. The summed E-state index contributed by atoms with van der Waals surface area (Å²) in [7, 11) is -0.725. The molecule has 4 aromatic carbocycles. The van der Waals surface area contributed by atoms with Gasteiger partial charge in [-0.3, -0.25) is 0 Å². The van der Waals surface area contributed by atoms with Crippen molar-refractivity contribution in [1.29, 1.82) is 0 Å². The van der Waals surface area contributed by atoms with Crippen molar-refractivity contribution >= 4 is 37.1 Å². The fraction of sp³-hybridized carbons (Fsp3) is 0.200. The molecule has 162 valence electrons. The van der Waals surface area contributed by atoms with Gasteiger partial charge in [0.1, 0.15) is 0 Å². The average molecular weight is 455 g/mol. The molecular weight excluding hydrogens is 422 g/mol. The standard InChI is InChI=1S/C30H32P2/c1-2-15-28(32(29-20-11-5-12-21-29)30-22-13-6-14-23-30)24-25-31(26-16-7-3-8-17-26)27-18-9-4-10-19-27/h3-14,16-23,28H,2,15,24-25H2,1H3. The average Bonchev–Trinajstić information content (AvgIpc) is 2.87. The van der Waals surface area contributed by atoms with Crippen molar-refractivity contribution < 1.29 is 0 Å². The molecule has 0 fully saturated rings. The quantitative estimate of drug-likeness (QED) is 0.231. The van der Waals surface area contributed by atoms with E-state index in [2.05, 4.69) is 128 Å². The molecule has 0 amide bonds. The van der Waals surface area contributed by atoms with Crippen LogP contribution in [0.25, 0.3) is 0 Å². The molecule has 0 spiro atoms. The van der Waals surface area contributed by atoms with Gasteiger partial charge in [0.25, 0.3) is 0 Å². The highest BCUT2D eigenvalue weighted by Gasteiger charge is 2.25. The van der Waals surface area contributed by atoms with Crippen LogP contribution in [0.3, 0.4) is 0 Å². The lowest BCUT2D eigenvalue weighted by Gasteiger charge is -2.30. The largest absolute Gasteiger partial charge is 0.0654 e. The van der Waals surface area contributed by atoms with Crippen LogP contribution in [0, 0.1) is 0 Å². The summed E-state index contributed by atoms with van der Waals surface area (Å²) < 4.78 is 0. The maximum atomic E-state index is 2.35. The first-order chi connectivity index (χ1) is 15.9. The summed E-state index contributed by atoms with van der Waals surface area (Å²) in [4.78, 5) is 0. The van der Waals surface area contributed by atoms with Crippen molar-refractivity contribution in [2.75, 3.05) is 6.16 Å². The Balaban J connectivity index is 1.65.